The van der Waals surface area contributed by atoms with Crippen LogP contribution >= 0.6 is 0 Å². The van der Waals surface area contributed by atoms with Gasteiger partial charge in [0, 0.05) is 45.8 Å². The van der Waals surface area contributed by atoms with Crippen molar-refractivity contribution in [3.8, 4) is 5.75 Å². The Morgan fingerprint density at radius 1 is 1.00 bits per heavy atom. The molecule has 0 radical (unpaired) electrons. The number of ether oxygens (including phenoxy) is 2. The molecule has 6 nitrogen and oxygen atoms in total. The fourth-order valence-electron chi connectivity index (χ4n) is 3.24. The lowest BCUT2D eigenvalue weighted by atomic mass is 10.2. The Balaban J connectivity index is 1.41. The first-order chi connectivity index (χ1) is 12.6. The molecule has 1 aromatic rings. The molecular weight excluding hydrogens is 344 g/mol. The summed E-state index contributed by atoms with van der Waals surface area (Å²) in [6.45, 7) is 4.48. The number of hydrogen-bond donors (Lipinski definition) is 0. The zero-order chi connectivity index (χ0) is 18.4. The van der Waals surface area contributed by atoms with E-state index in [0.717, 1.165) is 51.4 Å². The summed E-state index contributed by atoms with van der Waals surface area (Å²) in [7, 11) is 0. The number of alkyl halides is 2. The maximum Gasteiger partial charge on any atom is 0.387 e. The number of benzene rings is 1. The Bertz CT molecular complexity index is 572. The summed E-state index contributed by atoms with van der Waals surface area (Å²) in [5.41, 5.74) is 1.04. The van der Waals surface area contributed by atoms with Crippen molar-refractivity contribution in [1.29, 1.82) is 0 Å². The maximum absolute atomic E-state index is 12.4. The van der Waals surface area contributed by atoms with Crippen LogP contribution in [-0.4, -0.2) is 86.2 Å². The van der Waals surface area contributed by atoms with Crippen LogP contribution in [0, 0.1) is 0 Å². The molecule has 1 aromatic carbocycles. The van der Waals surface area contributed by atoms with E-state index in [9.17, 15) is 13.6 Å². The number of piperazine rings is 1. The summed E-state index contributed by atoms with van der Waals surface area (Å²) in [6, 6.07) is 6.72. The van der Waals surface area contributed by atoms with Gasteiger partial charge in [-0.25, -0.2) is 0 Å². The zero-order valence-electron chi connectivity index (χ0n) is 14.8. The molecule has 0 atom stereocenters. The first-order valence-electron chi connectivity index (χ1n) is 8.94. The minimum absolute atomic E-state index is 0.169. The zero-order valence-corrected chi connectivity index (χ0v) is 14.8. The second kappa shape index (κ2) is 9.25. The molecule has 2 fully saturated rings. The Morgan fingerprint density at radius 2 is 1.65 bits per heavy atom. The topological polar surface area (TPSA) is 45.2 Å². The van der Waals surface area contributed by atoms with Gasteiger partial charge in [-0.3, -0.25) is 14.6 Å². The second-order valence-corrected chi connectivity index (χ2v) is 6.57. The van der Waals surface area contributed by atoms with Crippen molar-refractivity contribution in [3.63, 3.8) is 0 Å². The SMILES string of the molecule is O=C(CN1CCOCC1)N1CCN(Cc2ccc(OC(F)F)cc2)CC1. The Labute approximate surface area is 152 Å². The number of carbonyl (C=O) groups is 1. The van der Waals surface area contributed by atoms with Gasteiger partial charge in [-0.05, 0) is 17.7 Å². The number of carbonyl (C=O) groups excluding carboxylic acids is 1. The van der Waals surface area contributed by atoms with E-state index in [1.54, 1.807) is 24.3 Å². The van der Waals surface area contributed by atoms with E-state index in [1.165, 1.54) is 0 Å². The summed E-state index contributed by atoms with van der Waals surface area (Å²) in [4.78, 5) is 18.7. The largest absolute Gasteiger partial charge is 0.435 e. The molecule has 0 unspecified atom stereocenters. The van der Waals surface area contributed by atoms with Crippen LogP contribution in [0.3, 0.4) is 0 Å². The average Bonchev–Trinajstić information content (AvgIpc) is 2.64. The van der Waals surface area contributed by atoms with Gasteiger partial charge in [0.15, 0.2) is 0 Å². The van der Waals surface area contributed by atoms with Gasteiger partial charge in [0.1, 0.15) is 5.75 Å². The Hall–Kier alpha value is -1.77. The van der Waals surface area contributed by atoms with Crippen LogP contribution in [-0.2, 0) is 16.1 Å². The standard InChI is InChI=1S/C18H25F2N3O3/c19-18(20)26-16-3-1-15(2-4-16)13-21-5-7-23(8-6-21)17(24)14-22-9-11-25-12-10-22/h1-4,18H,5-14H2. The minimum Gasteiger partial charge on any atom is -0.435 e. The molecule has 0 aromatic heterocycles. The molecule has 8 heteroatoms. The fourth-order valence-corrected chi connectivity index (χ4v) is 3.24. The lowest BCUT2D eigenvalue weighted by Crippen LogP contribution is -2.51. The highest BCUT2D eigenvalue weighted by atomic mass is 19.3. The molecular formula is C18H25F2N3O3. The van der Waals surface area contributed by atoms with Crippen molar-refractivity contribution in [2.24, 2.45) is 0 Å². The van der Waals surface area contributed by atoms with Gasteiger partial charge in [-0.1, -0.05) is 12.1 Å². The molecule has 0 aliphatic carbocycles. The molecule has 2 saturated heterocycles. The van der Waals surface area contributed by atoms with Crippen LogP contribution in [0.25, 0.3) is 0 Å². The third-order valence-electron chi connectivity index (χ3n) is 4.74. The predicted octanol–water partition coefficient (Wildman–Crippen LogP) is 1.26. The van der Waals surface area contributed by atoms with E-state index in [-0.39, 0.29) is 11.7 Å². The molecule has 0 N–H and O–H groups in total. The first-order valence-corrected chi connectivity index (χ1v) is 8.94. The van der Waals surface area contributed by atoms with Gasteiger partial charge in [-0.15, -0.1) is 0 Å². The first kappa shape index (κ1) is 19.0. The van der Waals surface area contributed by atoms with E-state index >= 15 is 0 Å². The van der Waals surface area contributed by atoms with Crippen molar-refractivity contribution >= 4 is 5.91 Å². The highest BCUT2D eigenvalue weighted by Crippen LogP contribution is 2.16. The molecule has 3 rings (SSSR count). The van der Waals surface area contributed by atoms with Crippen LogP contribution in [0.15, 0.2) is 24.3 Å². The lowest BCUT2D eigenvalue weighted by Gasteiger charge is -2.36. The third-order valence-corrected chi connectivity index (χ3v) is 4.74. The van der Waals surface area contributed by atoms with Crippen molar-refractivity contribution < 1.29 is 23.0 Å². The van der Waals surface area contributed by atoms with Crippen molar-refractivity contribution in [2.75, 3.05) is 59.0 Å². The van der Waals surface area contributed by atoms with Gasteiger partial charge in [-0.2, -0.15) is 8.78 Å². The van der Waals surface area contributed by atoms with Gasteiger partial charge in [0.2, 0.25) is 5.91 Å². The number of hydrogen-bond acceptors (Lipinski definition) is 5. The van der Waals surface area contributed by atoms with Crippen LogP contribution < -0.4 is 4.74 Å². The number of amides is 1. The highest BCUT2D eigenvalue weighted by molar-refractivity contribution is 5.78. The monoisotopic (exact) mass is 369 g/mol. The van der Waals surface area contributed by atoms with E-state index < -0.39 is 6.61 Å². The average molecular weight is 369 g/mol. The van der Waals surface area contributed by atoms with Gasteiger partial charge in [0.25, 0.3) is 0 Å². The van der Waals surface area contributed by atoms with Crippen LogP contribution in [0.4, 0.5) is 8.78 Å². The molecule has 0 spiro atoms. The summed E-state index contributed by atoms with van der Waals surface area (Å²) in [6.07, 6.45) is 0. The molecule has 144 valence electrons. The molecule has 2 aliphatic heterocycles. The smallest absolute Gasteiger partial charge is 0.387 e. The summed E-state index contributed by atoms with van der Waals surface area (Å²) in [5.74, 6) is 0.349. The molecule has 0 bridgehead atoms. The fraction of sp³-hybridized carbons (Fsp3) is 0.611. The number of nitrogens with zero attached hydrogens (tertiary/aromatic N) is 3. The number of rotatable bonds is 6. The molecule has 26 heavy (non-hydrogen) atoms. The molecule has 2 aliphatic rings. The number of halogens is 2. The second-order valence-electron chi connectivity index (χ2n) is 6.57. The van der Waals surface area contributed by atoms with E-state index in [0.29, 0.717) is 19.8 Å². The lowest BCUT2D eigenvalue weighted by molar-refractivity contribution is -0.135. The number of morpholine rings is 1. The van der Waals surface area contributed by atoms with E-state index in [2.05, 4.69) is 14.5 Å². The van der Waals surface area contributed by atoms with Gasteiger partial charge in [0.05, 0.1) is 19.8 Å². The summed E-state index contributed by atoms with van der Waals surface area (Å²) in [5, 5.41) is 0. The Morgan fingerprint density at radius 3 is 2.27 bits per heavy atom. The van der Waals surface area contributed by atoms with Crippen molar-refractivity contribution in [2.45, 2.75) is 13.2 Å². The predicted molar refractivity (Wildman–Crippen MR) is 92.2 cm³/mol. The maximum atomic E-state index is 12.4. The quantitative estimate of drug-likeness (QED) is 0.756. The van der Waals surface area contributed by atoms with E-state index in [4.69, 9.17) is 4.74 Å². The third kappa shape index (κ3) is 5.62. The summed E-state index contributed by atoms with van der Waals surface area (Å²) >= 11 is 0. The van der Waals surface area contributed by atoms with Crippen LogP contribution in [0.5, 0.6) is 5.75 Å². The van der Waals surface area contributed by atoms with Gasteiger partial charge < -0.3 is 14.4 Å². The van der Waals surface area contributed by atoms with Gasteiger partial charge >= 0.3 is 6.61 Å². The molecule has 0 saturated carbocycles. The van der Waals surface area contributed by atoms with Crippen LogP contribution in [0.1, 0.15) is 5.56 Å². The van der Waals surface area contributed by atoms with Crippen molar-refractivity contribution in [3.05, 3.63) is 29.8 Å². The minimum atomic E-state index is -2.80. The normalized spacial score (nSPS) is 19.7. The molecule has 1 amide bonds. The van der Waals surface area contributed by atoms with E-state index in [1.807, 2.05) is 4.90 Å². The molecule has 2 heterocycles. The highest BCUT2D eigenvalue weighted by Gasteiger charge is 2.23. The summed E-state index contributed by atoms with van der Waals surface area (Å²) < 4.78 is 34.0. The Kier molecular flexibility index (Phi) is 6.76. The van der Waals surface area contributed by atoms with Crippen molar-refractivity contribution in [1.82, 2.24) is 14.7 Å². The van der Waals surface area contributed by atoms with Crippen LogP contribution in [0.2, 0.25) is 0 Å².